The molecule has 2 heterocycles. The van der Waals surface area contributed by atoms with E-state index in [0.29, 0.717) is 12.1 Å². The van der Waals surface area contributed by atoms with Crippen LogP contribution >= 0.6 is 0 Å². The number of benzene rings is 1. The van der Waals surface area contributed by atoms with Gasteiger partial charge in [0.1, 0.15) is 11.8 Å². The van der Waals surface area contributed by atoms with Gasteiger partial charge in [0.25, 0.3) is 17.7 Å². The third-order valence-electron chi connectivity index (χ3n) is 4.79. The van der Waals surface area contributed by atoms with Gasteiger partial charge in [0.2, 0.25) is 5.91 Å². The highest BCUT2D eigenvalue weighted by Gasteiger charge is 2.45. The average molecular weight is 415 g/mol. The highest BCUT2D eigenvalue weighted by atomic mass is 16.5. The minimum atomic E-state index is -0.955. The lowest BCUT2D eigenvalue weighted by atomic mass is 10.0. The molecule has 0 radical (unpaired) electrons. The first-order valence-corrected chi connectivity index (χ1v) is 9.40. The molecule has 158 valence electrons. The highest BCUT2D eigenvalue weighted by Crippen LogP contribution is 2.33. The lowest BCUT2D eigenvalue weighted by molar-refractivity contribution is -0.137. The summed E-state index contributed by atoms with van der Waals surface area (Å²) < 4.78 is 5.44. The standard InChI is InChI=1S/C20H21N3O7/c1-11-7-8-13(18(27)22-11)23-19(28)12-4-2-5-14(17(12)20(23)29)30-10-15(24)21-9-3-6-16(25)26/h2,4-5,13H,1,3,6-10H2,(H,21,24)(H,22,27)(H,25,26). The van der Waals surface area contributed by atoms with Gasteiger partial charge in [0, 0.05) is 18.7 Å². The maximum atomic E-state index is 12.9. The van der Waals surface area contributed by atoms with E-state index in [4.69, 9.17) is 9.84 Å². The molecule has 0 spiro atoms. The van der Waals surface area contributed by atoms with Gasteiger partial charge in [-0.3, -0.25) is 28.9 Å². The number of amides is 4. The highest BCUT2D eigenvalue weighted by molar-refractivity contribution is 6.24. The molecule has 0 saturated carbocycles. The Labute approximate surface area is 171 Å². The van der Waals surface area contributed by atoms with Gasteiger partial charge in [0.15, 0.2) is 6.61 Å². The van der Waals surface area contributed by atoms with Gasteiger partial charge < -0.3 is 20.5 Å². The molecule has 3 N–H and O–H groups in total. The molecule has 1 aromatic rings. The smallest absolute Gasteiger partial charge is 0.303 e. The number of imide groups is 1. The zero-order valence-corrected chi connectivity index (χ0v) is 16.1. The molecule has 1 aromatic carbocycles. The van der Waals surface area contributed by atoms with Crippen LogP contribution in [0.1, 0.15) is 46.4 Å². The number of piperidine rings is 1. The summed E-state index contributed by atoms with van der Waals surface area (Å²) in [5, 5.41) is 13.7. The molecule has 0 bridgehead atoms. The van der Waals surface area contributed by atoms with Crippen molar-refractivity contribution in [3.8, 4) is 5.75 Å². The van der Waals surface area contributed by atoms with E-state index in [2.05, 4.69) is 17.2 Å². The zero-order chi connectivity index (χ0) is 21.8. The minimum Gasteiger partial charge on any atom is -0.483 e. The number of ether oxygens (including phenoxy) is 1. The van der Waals surface area contributed by atoms with Crippen LogP contribution in [0.15, 0.2) is 30.5 Å². The fourth-order valence-electron chi connectivity index (χ4n) is 3.35. The molecule has 1 saturated heterocycles. The van der Waals surface area contributed by atoms with Crippen LogP contribution in [0.2, 0.25) is 0 Å². The summed E-state index contributed by atoms with van der Waals surface area (Å²) in [6, 6.07) is 3.52. The summed E-state index contributed by atoms with van der Waals surface area (Å²) in [5.41, 5.74) is 0.654. The predicted molar refractivity (Wildman–Crippen MR) is 103 cm³/mol. The number of nitrogens with zero attached hydrogens (tertiary/aromatic N) is 1. The van der Waals surface area contributed by atoms with Crippen molar-refractivity contribution in [1.29, 1.82) is 0 Å². The van der Waals surface area contributed by atoms with Gasteiger partial charge in [-0.15, -0.1) is 0 Å². The number of carboxylic acids is 1. The van der Waals surface area contributed by atoms with Crippen molar-refractivity contribution in [3.05, 3.63) is 41.6 Å². The maximum absolute atomic E-state index is 12.9. The zero-order valence-electron chi connectivity index (χ0n) is 16.1. The molecule has 2 aliphatic heterocycles. The third kappa shape index (κ3) is 4.32. The summed E-state index contributed by atoms with van der Waals surface area (Å²) in [7, 11) is 0. The SMILES string of the molecule is C=C1CCC(N2C(=O)c3cccc(OCC(=O)NCCCC(=O)O)c3C2=O)C(=O)N1. The molecule has 10 nitrogen and oxygen atoms in total. The average Bonchev–Trinajstić information content (AvgIpc) is 2.95. The van der Waals surface area contributed by atoms with Crippen molar-refractivity contribution in [2.75, 3.05) is 13.2 Å². The fourth-order valence-corrected chi connectivity index (χ4v) is 3.35. The number of hydrogen-bond acceptors (Lipinski definition) is 6. The summed E-state index contributed by atoms with van der Waals surface area (Å²) in [6.07, 6.45) is 0.946. The minimum absolute atomic E-state index is 0.0124. The van der Waals surface area contributed by atoms with Crippen molar-refractivity contribution in [2.24, 2.45) is 0 Å². The lowest BCUT2D eigenvalue weighted by Crippen LogP contribution is -2.51. The van der Waals surface area contributed by atoms with Crippen LogP contribution in [0, 0.1) is 0 Å². The number of carbonyl (C=O) groups is 5. The third-order valence-corrected chi connectivity index (χ3v) is 4.79. The molecular weight excluding hydrogens is 394 g/mol. The first-order chi connectivity index (χ1) is 14.3. The van der Waals surface area contributed by atoms with E-state index in [1.54, 1.807) is 0 Å². The molecule has 30 heavy (non-hydrogen) atoms. The van der Waals surface area contributed by atoms with E-state index in [1.165, 1.54) is 18.2 Å². The van der Waals surface area contributed by atoms with E-state index in [-0.39, 0.29) is 42.7 Å². The normalized spacial score (nSPS) is 18.1. The van der Waals surface area contributed by atoms with Crippen LogP contribution < -0.4 is 15.4 Å². The molecule has 3 rings (SSSR count). The summed E-state index contributed by atoms with van der Waals surface area (Å²) in [6.45, 7) is 3.45. The molecule has 1 unspecified atom stereocenters. The monoisotopic (exact) mass is 415 g/mol. The van der Waals surface area contributed by atoms with Crippen molar-refractivity contribution < 1.29 is 33.8 Å². The van der Waals surface area contributed by atoms with E-state index >= 15 is 0 Å². The number of nitrogens with one attached hydrogen (secondary N) is 2. The predicted octanol–water partition coefficient (Wildman–Crippen LogP) is 0.435. The lowest BCUT2D eigenvalue weighted by Gasteiger charge is -2.29. The van der Waals surface area contributed by atoms with Crippen molar-refractivity contribution in [3.63, 3.8) is 0 Å². The second kappa shape index (κ2) is 8.76. The molecule has 10 heteroatoms. The van der Waals surface area contributed by atoms with Crippen LogP contribution in [0.3, 0.4) is 0 Å². The number of allylic oxidation sites excluding steroid dienone is 1. The quantitative estimate of drug-likeness (QED) is 0.413. The Kier molecular flexibility index (Phi) is 6.14. The van der Waals surface area contributed by atoms with E-state index < -0.39 is 42.2 Å². The molecular formula is C20H21N3O7. The van der Waals surface area contributed by atoms with Crippen LogP contribution in [0.5, 0.6) is 5.75 Å². The van der Waals surface area contributed by atoms with Gasteiger partial charge in [-0.05, 0) is 31.4 Å². The van der Waals surface area contributed by atoms with E-state index in [9.17, 15) is 24.0 Å². The molecule has 1 atom stereocenters. The Hall–Kier alpha value is -3.69. The molecule has 1 fully saturated rings. The van der Waals surface area contributed by atoms with Crippen molar-refractivity contribution in [1.82, 2.24) is 15.5 Å². The molecule has 2 aliphatic rings. The largest absolute Gasteiger partial charge is 0.483 e. The molecule has 0 aliphatic carbocycles. The van der Waals surface area contributed by atoms with Crippen LogP contribution in [-0.2, 0) is 14.4 Å². The summed E-state index contributed by atoms with van der Waals surface area (Å²) in [5.74, 6) is -3.09. The molecule has 0 aromatic heterocycles. The first-order valence-electron chi connectivity index (χ1n) is 9.40. The van der Waals surface area contributed by atoms with Crippen molar-refractivity contribution >= 4 is 29.6 Å². The number of hydrogen-bond donors (Lipinski definition) is 3. The van der Waals surface area contributed by atoms with E-state index in [1.807, 2.05) is 0 Å². The first kappa shape index (κ1) is 21.0. The van der Waals surface area contributed by atoms with Crippen LogP contribution in [-0.4, -0.2) is 58.8 Å². The number of carbonyl (C=O) groups excluding carboxylic acids is 4. The Bertz CT molecular complexity index is 940. The topological polar surface area (TPSA) is 142 Å². The second-order valence-corrected chi connectivity index (χ2v) is 6.94. The van der Waals surface area contributed by atoms with E-state index in [0.717, 1.165) is 4.90 Å². The number of aliphatic carboxylic acids is 1. The van der Waals surface area contributed by atoms with Crippen molar-refractivity contribution in [2.45, 2.75) is 31.7 Å². The van der Waals surface area contributed by atoms with Gasteiger partial charge in [-0.2, -0.15) is 0 Å². The maximum Gasteiger partial charge on any atom is 0.303 e. The Morgan fingerprint density at radius 3 is 2.73 bits per heavy atom. The molecule has 4 amide bonds. The number of fused-ring (bicyclic) bond motifs is 1. The second-order valence-electron chi connectivity index (χ2n) is 6.94. The Morgan fingerprint density at radius 1 is 1.27 bits per heavy atom. The number of rotatable bonds is 8. The van der Waals surface area contributed by atoms with Gasteiger partial charge >= 0.3 is 5.97 Å². The summed E-state index contributed by atoms with van der Waals surface area (Å²) in [4.78, 5) is 61.3. The van der Waals surface area contributed by atoms with Gasteiger partial charge in [0.05, 0.1) is 11.1 Å². The number of carboxylic acid groups (broad SMARTS) is 1. The fraction of sp³-hybridized carbons (Fsp3) is 0.350. The summed E-state index contributed by atoms with van der Waals surface area (Å²) >= 11 is 0. The van der Waals surface area contributed by atoms with Crippen LogP contribution in [0.4, 0.5) is 0 Å². The van der Waals surface area contributed by atoms with Crippen LogP contribution in [0.25, 0.3) is 0 Å². The Balaban J connectivity index is 1.68. The van der Waals surface area contributed by atoms with Gasteiger partial charge in [-0.1, -0.05) is 12.6 Å². The van der Waals surface area contributed by atoms with Gasteiger partial charge in [-0.25, -0.2) is 0 Å². The Morgan fingerprint density at radius 2 is 2.03 bits per heavy atom.